The van der Waals surface area contributed by atoms with Gasteiger partial charge in [0.05, 0.1) is 7.11 Å². The van der Waals surface area contributed by atoms with E-state index < -0.39 is 17.5 Å². The quantitative estimate of drug-likeness (QED) is 0.815. The topological polar surface area (TPSA) is 101 Å². The molecular weight excluding hydrogens is 274 g/mol. The van der Waals surface area contributed by atoms with Crippen LogP contribution in [0.5, 0.6) is 0 Å². The average Bonchev–Trinajstić information content (AvgIpc) is 2.47. The van der Waals surface area contributed by atoms with Crippen molar-refractivity contribution in [3.63, 3.8) is 0 Å². The molecule has 21 heavy (non-hydrogen) atoms. The van der Waals surface area contributed by atoms with Gasteiger partial charge in [0.2, 0.25) is 0 Å². The summed E-state index contributed by atoms with van der Waals surface area (Å²) in [4.78, 5) is 23.0. The molecule has 114 valence electrons. The third-order valence-electron chi connectivity index (χ3n) is 3.83. The molecular formula is C14H19N3O4. The molecule has 7 nitrogen and oxygen atoms in total. The van der Waals surface area contributed by atoms with E-state index in [0.29, 0.717) is 24.6 Å². The van der Waals surface area contributed by atoms with Crippen LogP contribution in [-0.4, -0.2) is 39.9 Å². The Morgan fingerprint density at radius 2 is 2.19 bits per heavy atom. The van der Waals surface area contributed by atoms with Crippen molar-refractivity contribution in [2.45, 2.75) is 38.1 Å². The fraction of sp³-hybridized carbons (Fsp3) is 0.571. The first-order valence-corrected chi connectivity index (χ1v) is 6.90. The van der Waals surface area contributed by atoms with Crippen LogP contribution in [0.2, 0.25) is 0 Å². The molecule has 0 amide bonds. The molecule has 2 rings (SSSR count). The first-order valence-electron chi connectivity index (χ1n) is 6.90. The second-order valence-electron chi connectivity index (χ2n) is 5.51. The number of esters is 1. The summed E-state index contributed by atoms with van der Waals surface area (Å²) in [5, 5.41) is 20.2. The molecule has 7 heteroatoms. The first-order chi connectivity index (χ1) is 9.97. The molecule has 1 aliphatic rings. The van der Waals surface area contributed by atoms with Crippen LogP contribution in [0.4, 0.5) is 5.82 Å². The number of hydrogen-bond acceptors (Lipinski definition) is 6. The Kier molecular flexibility index (Phi) is 4.40. The molecule has 0 saturated heterocycles. The van der Waals surface area contributed by atoms with Crippen molar-refractivity contribution in [1.82, 2.24) is 10.2 Å². The first kappa shape index (κ1) is 15.2. The Morgan fingerprint density at radius 1 is 1.43 bits per heavy atom. The molecule has 1 saturated carbocycles. The van der Waals surface area contributed by atoms with Gasteiger partial charge < -0.3 is 15.2 Å². The third-order valence-corrected chi connectivity index (χ3v) is 3.83. The Balaban J connectivity index is 2.17. The number of aliphatic carboxylic acids is 1. The number of hydrogen-bond donors (Lipinski definition) is 2. The monoisotopic (exact) mass is 293 g/mol. The molecule has 2 unspecified atom stereocenters. The summed E-state index contributed by atoms with van der Waals surface area (Å²) in [7, 11) is 1.26. The van der Waals surface area contributed by atoms with Crippen LogP contribution >= 0.6 is 0 Å². The minimum atomic E-state index is -1.01. The van der Waals surface area contributed by atoms with Crippen LogP contribution in [0.3, 0.4) is 0 Å². The molecule has 2 N–H and O–H groups in total. The maximum absolute atomic E-state index is 11.7. The number of carbonyl (C=O) groups excluding carboxylic acids is 1. The zero-order valence-electron chi connectivity index (χ0n) is 12.1. The maximum Gasteiger partial charge on any atom is 0.358 e. The zero-order valence-corrected chi connectivity index (χ0v) is 12.1. The van der Waals surface area contributed by atoms with Crippen molar-refractivity contribution in [2.75, 3.05) is 12.4 Å². The number of carboxylic acids is 1. The molecule has 2 atom stereocenters. The van der Waals surface area contributed by atoms with Gasteiger partial charge in [-0.1, -0.05) is 19.8 Å². The van der Waals surface area contributed by atoms with E-state index in [1.807, 2.05) is 6.92 Å². The predicted octanol–water partition coefficient (Wildman–Crippen LogP) is 1.71. The molecule has 0 spiro atoms. The highest BCUT2D eigenvalue weighted by molar-refractivity contribution is 5.87. The standard InChI is InChI=1S/C14H19N3O4/c1-9-4-3-7-14(8-9,13(19)20)15-11-6-5-10(16-17-11)12(18)21-2/h5-6,9H,3-4,7-8H2,1-2H3,(H,15,17)(H,19,20). The van der Waals surface area contributed by atoms with E-state index in [9.17, 15) is 14.7 Å². The molecule has 0 radical (unpaired) electrons. The lowest BCUT2D eigenvalue weighted by Crippen LogP contribution is -2.49. The fourth-order valence-corrected chi connectivity index (χ4v) is 2.77. The van der Waals surface area contributed by atoms with Gasteiger partial charge in [-0.25, -0.2) is 9.59 Å². The highest BCUT2D eigenvalue weighted by Gasteiger charge is 2.42. The van der Waals surface area contributed by atoms with E-state index in [0.717, 1.165) is 12.8 Å². The minimum absolute atomic E-state index is 0.0874. The van der Waals surface area contributed by atoms with Crippen molar-refractivity contribution >= 4 is 17.8 Å². The molecule has 1 fully saturated rings. The summed E-state index contributed by atoms with van der Waals surface area (Å²) in [6.07, 6.45) is 2.98. The fourth-order valence-electron chi connectivity index (χ4n) is 2.77. The van der Waals surface area contributed by atoms with Gasteiger partial charge in [0.15, 0.2) is 5.69 Å². The predicted molar refractivity (Wildman–Crippen MR) is 75.0 cm³/mol. The molecule has 1 aromatic rings. The summed E-state index contributed by atoms with van der Waals surface area (Å²) in [6, 6.07) is 3.01. The van der Waals surface area contributed by atoms with Crippen LogP contribution in [-0.2, 0) is 9.53 Å². The number of nitrogens with one attached hydrogen (secondary N) is 1. The lowest BCUT2D eigenvalue weighted by molar-refractivity contribution is -0.144. The largest absolute Gasteiger partial charge is 0.480 e. The van der Waals surface area contributed by atoms with Gasteiger partial charge in [-0.2, -0.15) is 0 Å². The number of anilines is 1. The zero-order chi connectivity index (χ0) is 15.5. The summed E-state index contributed by atoms with van der Waals surface area (Å²) in [6.45, 7) is 2.05. The Hall–Kier alpha value is -2.18. The molecule has 1 aliphatic carbocycles. The van der Waals surface area contributed by atoms with E-state index in [1.54, 1.807) is 6.07 Å². The van der Waals surface area contributed by atoms with Crippen LogP contribution < -0.4 is 5.32 Å². The van der Waals surface area contributed by atoms with Crippen molar-refractivity contribution in [1.29, 1.82) is 0 Å². The number of rotatable bonds is 4. The van der Waals surface area contributed by atoms with Crippen LogP contribution in [0.15, 0.2) is 12.1 Å². The van der Waals surface area contributed by atoms with Crippen molar-refractivity contribution in [3.8, 4) is 0 Å². The molecule has 0 aromatic carbocycles. The number of carboxylic acid groups (broad SMARTS) is 1. The van der Waals surface area contributed by atoms with Gasteiger partial charge in [-0.05, 0) is 30.9 Å². The highest BCUT2D eigenvalue weighted by atomic mass is 16.5. The van der Waals surface area contributed by atoms with Gasteiger partial charge in [0.25, 0.3) is 0 Å². The lowest BCUT2D eigenvalue weighted by atomic mass is 9.76. The van der Waals surface area contributed by atoms with Crippen molar-refractivity contribution in [3.05, 3.63) is 17.8 Å². The second-order valence-corrected chi connectivity index (χ2v) is 5.51. The number of carbonyl (C=O) groups is 2. The molecule has 1 aromatic heterocycles. The van der Waals surface area contributed by atoms with E-state index in [1.165, 1.54) is 13.2 Å². The Bertz CT molecular complexity index is 532. The summed E-state index contributed by atoms with van der Waals surface area (Å²) in [5.41, 5.74) is -0.927. The summed E-state index contributed by atoms with van der Waals surface area (Å²) < 4.78 is 4.54. The SMILES string of the molecule is COC(=O)c1ccc(NC2(C(=O)O)CCCC(C)C2)nn1. The van der Waals surface area contributed by atoms with E-state index in [-0.39, 0.29) is 5.69 Å². The summed E-state index contributed by atoms with van der Waals surface area (Å²) >= 11 is 0. The number of methoxy groups -OCH3 is 1. The van der Waals surface area contributed by atoms with Gasteiger partial charge in [0, 0.05) is 0 Å². The van der Waals surface area contributed by atoms with Crippen LogP contribution in [0, 0.1) is 5.92 Å². The molecule has 1 heterocycles. The Labute approximate surface area is 122 Å². The maximum atomic E-state index is 11.7. The van der Waals surface area contributed by atoms with Crippen LogP contribution in [0.25, 0.3) is 0 Å². The van der Waals surface area contributed by atoms with E-state index in [2.05, 4.69) is 20.3 Å². The van der Waals surface area contributed by atoms with Gasteiger partial charge in [0.1, 0.15) is 11.4 Å². The van der Waals surface area contributed by atoms with E-state index in [4.69, 9.17) is 0 Å². The highest BCUT2D eigenvalue weighted by Crippen LogP contribution is 2.34. The van der Waals surface area contributed by atoms with Crippen molar-refractivity contribution < 1.29 is 19.4 Å². The molecule has 0 aliphatic heterocycles. The summed E-state index contributed by atoms with van der Waals surface area (Å²) in [5.74, 6) is -0.773. The van der Waals surface area contributed by atoms with E-state index >= 15 is 0 Å². The van der Waals surface area contributed by atoms with Crippen molar-refractivity contribution in [2.24, 2.45) is 5.92 Å². The van der Waals surface area contributed by atoms with Gasteiger partial charge >= 0.3 is 11.9 Å². The smallest absolute Gasteiger partial charge is 0.358 e. The van der Waals surface area contributed by atoms with Gasteiger partial charge in [-0.15, -0.1) is 10.2 Å². The Morgan fingerprint density at radius 3 is 2.71 bits per heavy atom. The number of ether oxygens (including phenoxy) is 1. The number of aromatic nitrogens is 2. The average molecular weight is 293 g/mol. The lowest BCUT2D eigenvalue weighted by Gasteiger charge is -2.37. The van der Waals surface area contributed by atoms with Crippen LogP contribution in [0.1, 0.15) is 43.1 Å². The second kappa shape index (κ2) is 6.07. The normalized spacial score (nSPS) is 25.1. The number of nitrogens with zero attached hydrogens (tertiary/aromatic N) is 2. The third kappa shape index (κ3) is 3.29. The minimum Gasteiger partial charge on any atom is -0.480 e. The van der Waals surface area contributed by atoms with Gasteiger partial charge in [-0.3, -0.25) is 0 Å². The molecule has 0 bridgehead atoms.